The highest BCUT2D eigenvalue weighted by Crippen LogP contribution is 2.15. The molecule has 0 aliphatic rings. The van der Waals surface area contributed by atoms with Crippen LogP contribution in [0.25, 0.3) is 0 Å². The van der Waals surface area contributed by atoms with Gasteiger partial charge >= 0.3 is 6.01 Å². The van der Waals surface area contributed by atoms with Crippen molar-refractivity contribution in [2.75, 3.05) is 24.6 Å². The largest absolute Gasteiger partial charge is 0.463 e. The van der Waals surface area contributed by atoms with Crippen molar-refractivity contribution in [3.63, 3.8) is 0 Å². The SMILES string of the molecule is CCCCCCCCOc1nc(Cl)nc(N(CC)CC)n1. The molecule has 0 amide bonds. The fourth-order valence-corrected chi connectivity index (χ4v) is 2.23. The molecule has 0 aromatic carbocycles. The molecule has 0 atom stereocenters. The molecular weight excluding hydrogens is 288 g/mol. The molecule has 0 fully saturated rings. The van der Waals surface area contributed by atoms with Crippen molar-refractivity contribution in [2.45, 2.75) is 59.3 Å². The van der Waals surface area contributed by atoms with E-state index in [9.17, 15) is 0 Å². The van der Waals surface area contributed by atoms with Crippen LogP contribution in [0.3, 0.4) is 0 Å². The Balaban J connectivity index is 2.41. The van der Waals surface area contributed by atoms with Gasteiger partial charge in [0.2, 0.25) is 11.2 Å². The van der Waals surface area contributed by atoms with E-state index in [0.717, 1.165) is 19.5 Å². The Hall–Kier alpha value is -1.10. The summed E-state index contributed by atoms with van der Waals surface area (Å²) in [7, 11) is 0. The predicted molar refractivity (Wildman–Crippen MR) is 87.3 cm³/mol. The lowest BCUT2D eigenvalue weighted by Gasteiger charge is -2.18. The van der Waals surface area contributed by atoms with Gasteiger partial charge in [-0.15, -0.1) is 0 Å². The fourth-order valence-electron chi connectivity index (χ4n) is 2.08. The first-order chi connectivity index (χ1) is 10.2. The fraction of sp³-hybridized carbons (Fsp3) is 0.800. The molecule has 1 aromatic rings. The van der Waals surface area contributed by atoms with Crippen molar-refractivity contribution < 1.29 is 4.74 Å². The van der Waals surface area contributed by atoms with Gasteiger partial charge in [0.05, 0.1) is 6.61 Å². The smallest absolute Gasteiger partial charge is 0.322 e. The topological polar surface area (TPSA) is 51.1 Å². The zero-order valence-corrected chi connectivity index (χ0v) is 14.2. The van der Waals surface area contributed by atoms with Crippen LogP contribution in [0.5, 0.6) is 6.01 Å². The van der Waals surface area contributed by atoms with E-state index in [1.165, 1.54) is 32.1 Å². The molecule has 0 aliphatic carbocycles. The summed E-state index contributed by atoms with van der Waals surface area (Å²) >= 11 is 5.94. The average molecular weight is 315 g/mol. The standard InChI is InChI=1S/C15H27ClN4O/c1-4-7-8-9-10-11-12-21-15-18-13(16)17-14(19-15)20(5-2)6-3/h4-12H2,1-3H3. The van der Waals surface area contributed by atoms with Crippen molar-refractivity contribution in [1.82, 2.24) is 15.0 Å². The van der Waals surface area contributed by atoms with Gasteiger partial charge in [0, 0.05) is 13.1 Å². The highest BCUT2D eigenvalue weighted by Gasteiger charge is 2.10. The second kappa shape index (κ2) is 10.6. The molecule has 0 N–H and O–H groups in total. The zero-order chi connectivity index (χ0) is 15.5. The predicted octanol–water partition coefficient (Wildman–Crippen LogP) is 4.11. The van der Waals surface area contributed by atoms with Crippen LogP contribution in [-0.4, -0.2) is 34.6 Å². The van der Waals surface area contributed by atoms with Gasteiger partial charge in [-0.25, -0.2) is 0 Å². The van der Waals surface area contributed by atoms with Gasteiger partial charge in [0.1, 0.15) is 0 Å². The lowest BCUT2D eigenvalue weighted by atomic mass is 10.1. The molecule has 6 heteroatoms. The van der Waals surface area contributed by atoms with Crippen LogP contribution in [-0.2, 0) is 0 Å². The summed E-state index contributed by atoms with van der Waals surface area (Å²) in [6.45, 7) is 8.61. The number of anilines is 1. The first-order valence-corrected chi connectivity index (χ1v) is 8.38. The Morgan fingerprint density at radius 3 is 2.24 bits per heavy atom. The number of ether oxygens (including phenoxy) is 1. The third kappa shape index (κ3) is 6.93. The molecule has 5 nitrogen and oxygen atoms in total. The summed E-state index contributed by atoms with van der Waals surface area (Å²) in [4.78, 5) is 14.5. The van der Waals surface area contributed by atoms with Gasteiger partial charge in [-0.05, 0) is 31.9 Å². The van der Waals surface area contributed by atoms with Gasteiger partial charge in [0.25, 0.3) is 0 Å². The third-order valence-electron chi connectivity index (χ3n) is 3.35. The van der Waals surface area contributed by atoms with Crippen LogP contribution in [0.15, 0.2) is 0 Å². The summed E-state index contributed by atoms with van der Waals surface area (Å²) in [6.07, 6.45) is 7.36. The molecule has 0 unspecified atom stereocenters. The second-order valence-corrected chi connectivity index (χ2v) is 5.31. The molecule has 0 spiro atoms. The van der Waals surface area contributed by atoms with Crippen LogP contribution in [0.2, 0.25) is 5.28 Å². The number of aromatic nitrogens is 3. The molecule has 0 saturated carbocycles. The maximum atomic E-state index is 5.94. The van der Waals surface area contributed by atoms with Crippen molar-refractivity contribution in [3.8, 4) is 6.01 Å². The first kappa shape index (κ1) is 18.0. The van der Waals surface area contributed by atoms with Gasteiger partial charge in [-0.1, -0.05) is 39.0 Å². The van der Waals surface area contributed by atoms with E-state index >= 15 is 0 Å². The first-order valence-electron chi connectivity index (χ1n) is 8.00. The number of rotatable bonds is 11. The quantitative estimate of drug-likeness (QED) is 0.575. The minimum Gasteiger partial charge on any atom is -0.463 e. The number of nitrogens with zero attached hydrogens (tertiary/aromatic N) is 4. The Labute approximate surface area is 133 Å². The molecule has 0 saturated heterocycles. The normalized spacial score (nSPS) is 10.7. The number of halogens is 1. The van der Waals surface area contributed by atoms with Crippen LogP contribution < -0.4 is 9.64 Å². The highest BCUT2D eigenvalue weighted by atomic mass is 35.5. The van der Waals surface area contributed by atoms with Crippen LogP contribution >= 0.6 is 11.6 Å². The third-order valence-corrected chi connectivity index (χ3v) is 3.52. The Bertz CT molecular complexity index is 399. The van der Waals surface area contributed by atoms with Crippen LogP contribution in [0.1, 0.15) is 59.3 Å². The minimum atomic E-state index is 0.185. The monoisotopic (exact) mass is 314 g/mol. The van der Waals surface area contributed by atoms with Crippen molar-refractivity contribution in [3.05, 3.63) is 5.28 Å². The number of unbranched alkanes of at least 4 members (excludes halogenated alkanes) is 5. The second-order valence-electron chi connectivity index (χ2n) is 4.98. The van der Waals surface area contributed by atoms with E-state index in [1.54, 1.807) is 0 Å². The van der Waals surface area contributed by atoms with Crippen molar-refractivity contribution in [2.24, 2.45) is 0 Å². The summed E-state index contributed by atoms with van der Waals surface area (Å²) in [5, 5.41) is 0.185. The molecule has 21 heavy (non-hydrogen) atoms. The summed E-state index contributed by atoms with van der Waals surface area (Å²) in [5.74, 6) is 0.581. The summed E-state index contributed by atoms with van der Waals surface area (Å²) in [5.41, 5.74) is 0. The maximum absolute atomic E-state index is 5.94. The van der Waals surface area contributed by atoms with E-state index < -0.39 is 0 Å². The van der Waals surface area contributed by atoms with E-state index in [4.69, 9.17) is 16.3 Å². The summed E-state index contributed by atoms with van der Waals surface area (Å²) in [6, 6.07) is 0.324. The molecule has 1 rings (SSSR count). The van der Waals surface area contributed by atoms with E-state index in [-0.39, 0.29) is 5.28 Å². The average Bonchev–Trinajstić information content (AvgIpc) is 2.47. The Morgan fingerprint density at radius 1 is 0.905 bits per heavy atom. The highest BCUT2D eigenvalue weighted by molar-refractivity contribution is 6.28. The minimum absolute atomic E-state index is 0.185. The van der Waals surface area contributed by atoms with Gasteiger partial charge < -0.3 is 9.64 Å². The van der Waals surface area contributed by atoms with Gasteiger partial charge in [0.15, 0.2) is 0 Å². The number of hydrogen-bond acceptors (Lipinski definition) is 5. The molecule has 1 aromatic heterocycles. The molecule has 0 bridgehead atoms. The van der Waals surface area contributed by atoms with E-state index in [2.05, 4.69) is 35.7 Å². The van der Waals surface area contributed by atoms with Crippen LogP contribution in [0.4, 0.5) is 5.95 Å². The van der Waals surface area contributed by atoms with E-state index in [0.29, 0.717) is 18.6 Å². The van der Waals surface area contributed by atoms with E-state index in [1.807, 2.05) is 4.90 Å². The van der Waals surface area contributed by atoms with Gasteiger partial charge in [-0.2, -0.15) is 15.0 Å². The molecule has 120 valence electrons. The Morgan fingerprint density at radius 2 is 1.57 bits per heavy atom. The maximum Gasteiger partial charge on any atom is 0.322 e. The molecule has 0 aliphatic heterocycles. The lowest BCUT2D eigenvalue weighted by Crippen LogP contribution is -2.24. The van der Waals surface area contributed by atoms with Gasteiger partial charge in [-0.3, -0.25) is 0 Å². The Kier molecular flexibility index (Phi) is 9.06. The molecule has 1 heterocycles. The lowest BCUT2D eigenvalue weighted by molar-refractivity contribution is 0.280. The van der Waals surface area contributed by atoms with Crippen LogP contribution in [0, 0.1) is 0 Å². The molecular formula is C15H27ClN4O. The zero-order valence-electron chi connectivity index (χ0n) is 13.4. The van der Waals surface area contributed by atoms with Crippen molar-refractivity contribution in [1.29, 1.82) is 0 Å². The van der Waals surface area contributed by atoms with Crippen molar-refractivity contribution >= 4 is 17.5 Å². The molecule has 0 radical (unpaired) electrons. The number of hydrogen-bond donors (Lipinski definition) is 0. The summed E-state index contributed by atoms with van der Waals surface area (Å²) < 4.78 is 5.60.